The lowest BCUT2D eigenvalue weighted by Crippen LogP contribution is -2.30. The second-order valence-corrected chi connectivity index (χ2v) is 6.15. The first-order valence-corrected chi connectivity index (χ1v) is 8.81. The molecule has 0 aliphatic heterocycles. The first-order valence-electron chi connectivity index (χ1n) is 8.81. The fourth-order valence-electron chi connectivity index (χ4n) is 2.89. The number of aromatic nitrogens is 2. The molecule has 0 saturated carbocycles. The van der Waals surface area contributed by atoms with E-state index in [1.54, 1.807) is 36.4 Å². The van der Waals surface area contributed by atoms with E-state index in [-0.39, 0.29) is 29.4 Å². The van der Waals surface area contributed by atoms with Gasteiger partial charge in [-0.2, -0.15) is 13.9 Å². The van der Waals surface area contributed by atoms with E-state index >= 15 is 0 Å². The predicted molar refractivity (Wildman–Crippen MR) is 102 cm³/mol. The quantitative estimate of drug-likeness (QED) is 0.625. The number of rotatable bonds is 8. The van der Waals surface area contributed by atoms with Gasteiger partial charge in [0.1, 0.15) is 6.54 Å². The molecule has 3 aromatic rings. The lowest BCUT2D eigenvalue weighted by molar-refractivity contribution is -0.121. The number of hydrogen-bond donors (Lipinski definition) is 1. The fourth-order valence-corrected chi connectivity index (χ4v) is 2.89. The van der Waals surface area contributed by atoms with Gasteiger partial charge >= 0.3 is 6.61 Å². The molecule has 0 radical (unpaired) electrons. The average molecular weight is 403 g/mol. The maximum Gasteiger partial charge on any atom is 0.387 e. The zero-order valence-corrected chi connectivity index (χ0v) is 15.6. The number of fused-ring (bicyclic) bond motifs is 1. The van der Waals surface area contributed by atoms with Gasteiger partial charge in [0.15, 0.2) is 11.5 Å². The zero-order valence-electron chi connectivity index (χ0n) is 15.6. The lowest BCUT2D eigenvalue weighted by atomic mass is 10.1. The number of alkyl halides is 2. The monoisotopic (exact) mass is 403 g/mol. The van der Waals surface area contributed by atoms with Crippen LogP contribution in [0.15, 0.2) is 53.5 Å². The normalized spacial score (nSPS) is 10.9. The summed E-state index contributed by atoms with van der Waals surface area (Å²) in [5.74, 6) is -0.125. The molecule has 0 aliphatic rings. The molecule has 1 N–H and O–H groups in total. The summed E-state index contributed by atoms with van der Waals surface area (Å²) in [6.07, 6.45) is 1.65. The molecule has 9 heteroatoms. The summed E-state index contributed by atoms with van der Waals surface area (Å²) in [6, 6.07) is 11.5. The number of nitrogens with one attached hydrogen (secondary N) is 1. The van der Waals surface area contributed by atoms with Gasteiger partial charge in [0.05, 0.1) is 18.8 Å². The van der Waals surface area contributed by atoms with Gasteiger partial charge in [-0.05, 0) is 36.2 Å². The number of ether oxygens (including phenoxy) is 2. The van der Waals surface area contributed by atoms with Crippen molar-refractivity contribution < 1.29 is 23.0 Å². The highest BCUT2D eigenvalue weighted by atomic mass is 19.3. The van der Waals surface area contributed by atoms with Crippen LogP contribution in [0, 0.1) is 0 Å². The molecule has 2 aromatic carbocycles. The number of hydrogen-bond acceptors (Lipinski definition) is 5. The van der Waals surface area contributed by atoms with Gasteiger partial charge in [0.2, 0.25) is 11.3 Å². The number of para-hydroxylation sites is 1. The third-order valence-corrected chi connectivity index (χ3v) is 4.24. The third kappa shape index (κ3) is 5.07. The van der Waals surface area contributed by atoms with E-state index in [0.29, 0.717) is 23.9 Å². The van der Waals surface area contributed by atoms with Crippen LogP contribution in [-0.4, -0.2) is 36.0 Å². The Morgan fingerprint density at radius 3 is 2.76 bits per heavy atom. The largest absolute Gasteiger partial charge is 0.493 e. The van der Waals surface area contributed by atoms with Crippen LogP contribution in [0.3, 0.4) is 0 Å². The molecule has 0 unspecified atom stereocenters. The van der Waals surface area contributed by atoms with Crippen LogP contribution in [0.25, 0.3) is 10.9 Å². The molecule has 0 atom stereocenters. The number of methoxy groups -OCH3 is 1. The van der Waals surface area contributed by atoms with Gasteiger partial charge in [-0.15, -0.1) is 0 Å². The molecule has 0 saturated heterocycles. The van der Waals surface area contributed by atoms with Crippen molar-refractivity contribution in [2.75, 3.05) is 13.7 Å². The van der Waals surface area contributed by atoms with Crippen molar-refractivity contribution in [2.24, 2.45) is 0 Å². The average Bonchev–Trinajstić information content (AvgIpc) is 2.71. The standard InChI is InChI=1S/C20H19F2N3O4/c1-28-18-10-13(6-7-17(18)29-20(21)22)8-9-23-19(27)12-25-15-5-3-2-4-14(15)16(26)11-24-25/h2-7,10-11,20H,8-9,12H2,1H3,(H,23,27). The minimum Gasteiger partial charge on any atom is -0.493 e. The zero-order chi connectivity index (χ0) is 20.8. The van der Waals surface area contributed by atoms with Crippen molar-refractivity contribution in [1.82, 2.24) is 15.1 Å². The van der Waals surface area contributed by atoms with Crippen LogP contribution in [0.1, 0.15) is 5.56 Å². The molecule has 0 fully saturated rings. The Morgan fingerprint density at radius 1 is 1.21 bits per heavy atom. The van der Waals surface area contributed by atoms with Gasteiger partial charge in [0, 0.05) is 11.9 Å². The van der Waals surface area contributed by atoms with Crippen LogP contribution in [0.4, 0.5) is 8.78 Å². The Hall–Kier alpha value is -3.49. The molecule has 0 spiro atoms. The van der Waals surface area contributed by atoms with Gasteiger partial charge in [-0.3, -0.25) is 14.3 Å². The Labute approximate surface area is 164 Å². The topological polar surface area (TPSA) is 82.5 Å². The second-order valence-electron chi connectivity index (χ2n) is 6.15. The summed E-state index contributed by atoms with van der Waals surface area (Å²) in [4.78, 5) is 24.1. The van der Waals surface area contributed by atoms with E-state index in [0.717, 1.165) is 5.56 Å². The van der Waals surface area contributed by atoms with Gasteiger partial charge in [-0.25, -0.2) is 0 Å². The van der Waals surface area contributed by atoms with Crippen LogP contribution in [0.2, 0.25) is 0 Å². The Balaban J connectivity index is 1.59. The van der Waals surface area contributed by atoms with E-state index in [9.17, 15) is 18.4 Å². The summed E-state index contributed by atoms with van der Waals surface area (Å²) in [5, 5.41) is 7.29. The summed E-state index contributed by atoms with van der Waals surface area (Å²) in [5.41, 5.74) is 1.16. The molecule has 7 nitrogen and oxygen atoms in total. The summed E-state index contributed by atoms with van der Waals surface area (Å²) in [6.45, 7) is -2.65. The molecular formula is C20H19F2N3O4. The maximum absolute atomic E-state index is 12.4. The van der Waals surface area contributed by atoms with Crippen LogP contribution in [0.5, 0.6) is 11.5 Å². The van der Waals surface area contributed by atoms with E-state index in [4.69, 9.17) is 4.74 Å². The predicted octanol–water partition coefficient (Wildman–Crippen LogP) is 2.37. The number of amides is 1. The van der Waals surface area contributed by atoms with E-state index < -0.39 is 6.61 Å². The van der Waals surface area contributed by atoms with Crippen molar-refractivity contribution in [3.63, 3.8) is 0 Å². The summed E-state index contributed by atoms with van der Waals surface area (Å²) in [7, 11) is 1.36. The summed E-state index contributed by atoms with van der Waals surface area (Å²) < 4.78 is 35.7. The fraction of sp³-hybridized carbons (Fsp3) is 0.250. The van der Waals surface area contributed by atoms with Crippen molar-refractivity contribution in [3.05, 3.63) is 64.4 Å². The van der Waals surface area contributed by atoms with E-state index in [1.165, 1.54) is 24.1 Å². The second kappa shape index (κ2) is 9.13. The maximum atomic E-state index is 12.4. The minimum absolute atomic E-state index is 0.0364. The highest BCUT2D eigenvalue weighted by Crippen LogP contribution is 2.29. The molecule has 0 bridgehead atoms. The van der Waals surface area contributed by atoms with Crippen LogP contribution >= 0.6 is 0 Å². The van der Waals surface area contributed by atoms with Crippen molar-refractivity contribution >= 4 is 16.8 Å². The Bertz CT molecular complexity index is 1070. The molecule has 29 heavy (non-hydrogen) atoms. The first-order chi connectivity index (χ1) is 14.0. The van der Waals surface area contributed by atoms with Gasteiger partial charge in [0.25, 0.3) is 0 Å². The van der Waals surface area contributed by atoms with Gasteiger partial charge < -0.3 is 14.8 Å². The first kappa shape index (κ1) is 20.2. The highest BCUT2D eigenvalue weighted by Gasteiger charge is 2.12. The van der Waals surface area contributed by atoms with E-state index in [2.05, 4.69) is 15.2 Å². The van der Waals surface area contributed by atoms with Crippen molar-refractivity contribution in [1.29, 1.82) is 0 Å². The minimum atomic E-state index is -2.94. The van der Waals surface area contributed by atoms with E-state index in [1.807, 2.05) is 0 Å². The van der Waals surface area contributed by atoms with Crippen LogP contribution in [-0.2, 0) is 17.8 Å². The molecule has 3 rings (SSSR count). The van der Waals surface area contributed by atoms with Crippen LogP contribution < -0.4 is 20.2 Å². The smallest absolute Gasteiger partial charge is 0.387 e. The SMILES string of the molecule is COc1cc(CCNC(=O)Cn2ncc(=O)c3ccccc32)ccc1OC(F)F. The third-order valence-electron chi connectivity index (χ3n) is 4.24. The number of halogens is 2. The van der Waals surface area contributed by atoms with Crippen molar-refractivity contribution in [2.45, 2.75) is 19.6 Å². The molecule has 152 valence electrons. The number of carbonyl (C=O) groups is 1. The molecule has 1 aromatic heterocycles. The number of benzene rings is 2. The Morgan fingerprint density at radius 2 is 2.00 bits per heavy atom. The molecular weight excluding hydrogens is 384 g/mol. The number of carbonyl (C=O) groups excluding carboxylic acids is 1. The number of nitrogens with zero attached hydrogens (tertiary/aromatic N) is 2. The molecule has 0 aliphatic carbocycles. The molecule has 1 heterocycles. The molecule has 1 amide bonds. The Kier molecular flexibility index (Phi) is 6.38. The lowest BCUT2D eigenvalue weighted by Gasteiger charge is -2.12. The van der Waals surface area contributed by atoms with Crippen molar-refractivity contribution in [3.8, 4) is 11.5 Å². The van der Waals surface area contributed by atoms with Gasteiger partial charge in [-0.1, -0.05) is 18.2 Å². The summed E-state index contributed by atoms with van der Waals surface area (Å²) >= 11 is 0. The highest BCUT2D eigenvalue weighted by molar-refractivity contribution is 5.81.